The van der Waals surface area contributed by atoms with Crippen LogP contribution in [-0.2, 0) is 13.0 Å². The van der Waals surface area contributed by atoms with Gasteiger partial charge in [0, 0.05) is 16.9 Å². The highest BCUT2D eigenvalue weighted by molar-refractivity contribution is 6.07. The first-order chi connectivity index (χ1) is 12.1. The second-order valence-electron chi connectivity index (χ2n) is 6.54. The van der Waals surface area contributed by atoms with E-state index in [1.807, 2.05) is 48.2 Å². The summed E-state index contributed by atoms with van der Waals surface area (Å²) >= 11 is 0. The van der Waals surface area contributed by atoms with E-state index < -0.39 is 0 Å². The molecule has 1 aliphatic heterocycles. The molecule has 0 aliphatic carbocycles. The number of hydrogen-bond donors (Lipinski definition) is 1. The number of rotatable bonds is 1. The van der Waals surface area contributed by atoms with Gasteiger partial charge in [-0.3, -0.25) is 4.79 Å². The Morgan fingerprint density at radius 3 is 2.36 bits per heavy atom. The van der Waals surface area contributed by atoms with Crippen LogP contribution >= 0.6 is 0 Å². The molecule has 0 spiro atoms. The zero-order valence-electron chi connectivity index (χ0n) is 14.2. The number of benzene rings is 3. The van der Waals surface area contributed by atoms with Crippen molar-refractivity contribution in [1.82, 2.24) is 0 Å². The number of hydrogen-bond acceptors (Lipinski definition) is 2. The maximum Gasteiger partial charge on any atom is 0.258 e. The highest BCUT2D eigenvalue weighted by atomic mass is 16.2. The predicted molar refractivity (Wildman–Crippen MR) is 102 cm³/mol. The summed E-state index contributed by atoms with van der Waals surface area (Å²) in [4.78, 5) is 15.2. The number of fused-ring (bicyclic) bond motifs is 2. The SMILES string of the molecule is Cc1cc(C(=O)N2Cc3ccccc3Cc3ccccc32)ccc1N. The molecule has 3 nitrogen and oxygen atoms in total. The third kappa shape index (κ3) is 2.78. The van der Waals surface area contributed by atoms with E-state index in [4.69, 9.17) is 5.73 Å². The summed E-state index contributed by atoms with van der Waals surface area (Å²) in [7, 11) is 0. The first-order valence-corrected chi connectivity index (χ1v) is 8.46. The number of para-hydroxylation sites is 1. The van der Waals surface area contributed by atoms with E-state index in [1.165, 1.54) is 16.7 Å². The summed E-state index contributed by atoms with van der Waals surface area (Å²) in [6.07, 6.45) is 0.844. The minimum absolute atomic E-state index is 0.00672. The van der Waals surface area contributed by atoms with Crippen molar-refractivity contribution in [3.05, 3.63) is 94.5 Å². The average Bonchev–Trinajstić information content (AvgIpc) is 2.80. The highest BCUT2D eigenvalue weighted by Gasteiger charge is 2.24. The maximum absolute atomic E-state index is 13.3. The summed E-state index contributed by atoms with van der Waals surface area (Å²) in [5.41, 5.74) is 12.8. The van der Waals surface area contributed by atoms with E-state index in [1.54, 1.807) is 6.07 Å². The van der Waals surface area contributed by atoms with Crippen molar-refractivity contribution >= 4 is 17.3 Å². The van der Waals surface area contributed by atoms with E-state index in [9.17, 15) is 4.79 Å². The van der Waals surface area contributed by atoms with Gasteiger partial charge in [0.25, 0.3) is 5.91 Å². The topological polar surface area (TPSA) is 46.3 Å². The Balaban J connectivity index is 1.82. The minimum atomic E-state index is 0.00672. The number of carbonyl (C=O) groups excluding carboxylic acids is 1. The van der Waals surface area contributed by atoms with Gasteiger partial charge in [0.05, 0.1) is 6.54 Å². The standard InChI is InChI=1S/C22H20N2O/c1-15-12-18(10-11-20(15)23)22(25)24-14-19-8-3-2-6-16(19)13-17-7-4-5-9-21(17)24/h2-12H,13-14,23H2,1H3. The van der Waals surface area contributed by atoms with Crippen molar-refractivity contribution < 1.29 is 4.79 Å². The fourth-order valence-corrected chi connectivity index (χ4v) is 3.41. The van der Waals surface area contributed by atoms with Crippen LogP contribution in [0.5, 0.6) is 0 Å². The van der Waals surface area contributed by atoms with Gasteiger partial charge in [0.15, 0.2) is 0 Å². The first kappa shape index (κ1) is 15.5. The van der Waals surface area contributed by atoms with Crippen LogP contribution in [0.4, 0.5) is 11.4 Å². The molecule has 1 amide bonds. The third-order valence-corrected chi connectivity index (χ3v) is 4.87. The molecule has 0 saturated carbocycles. The second-order valence-corrected chi connectivity index (χ2v) is 6.54. The molecule has 1 aliphatic rings. The van der Waals surface area contributed by atoms with E-state index in [2.05, 4.69) is 24.3 Å². The molecule has 2 N–H and O–H groups in total. The highest BCUT2D eigenvalue weighted by Crippen LogP contribution is 2.31. The molecule has 3 aromatic carbocycles. The molecule has 0 saturated heterocycles. The van der Waals surface area contributed by atoms with Crippen LogP contribution in [0, 0.1) is 6.92 Å². The number of nitrogens with zero attached hydrogens (tertiary/aromatic N) is 1. The molecule has 1 heterocycles. The zero-order chi connectivity index (χ0) is 17.4. The third-order valence-electron chi connectivity index (χ3n) is 4.87. The first-order valence-electron chi connectivity index (χ1n) is 8.46. The predicted octanol–water partition coefficient (Wildman–Crippen LogP) is 4.33. The Labute approximate surface area is 147 Å². The Morgan fingerprint density at radius 1 is 0.920 bits per heavy atom. The van der Waals surface area contributed by atoms with Gasteiger partial charge in [0.2, 0.25) is 0 Å². The van der Waals surface area contributed by atoms with E-state index in [-0.39, 0.29) is 5.91 Å². The van der Waals surface area contributed by atoms with Crippen molar-refractivity contribution in [3.8, 4) is 0 Å². The largest absolute Gasteiger partial charge is 0.399 e. The lowest BCUT2D eigenvalue weighted by molar-refractivity contribution is 0.0985. The second kappa shape index (κ2) is 6.10. The van der Waals surface area contributed by atoms with Crippen molar-refractivity contribution in [1.29, 1.82) is 0 Å². The number of amides is 1. The van der Waals surface area contributed by atoms with Gasteiger partial charge in [-0.1, -0.05) is 42.5 Å². The average molecular weight is 328 g/mol. The summed E-state index contributed by atoms with van der Waals surface area (Å²) in [5, 5.41) is 0. The summed E-state index contributed by atoms with van der Waals surface area (Å²) in [5.74, 6) is 0.00672. The van der Waals surface area contributed by atoms with Crippen LogP contribution in [0.2, 0.25) is 0 Å². The molecule has 3 aromatic rings. The van der Waals surface area contributed by atoms with Crippen molar-refractivity contribution in [3.63, 3.8) is 0 Å². The van der Waals surface area contributed by atoms with E-state index in [0.29, 0.717) is 17.8 Å². The van der Waals surface area contributed by atoms with Crippen molar-refractivity contribution in [2.24, 2.45) is 0 Å². The normalized spacial score (nSPS) is 12.9. The van der Waals surface area contributed by atoms with Crippen molar-refractivity contribution in [2.45, 2.75) is 19.9 Å². The monoisotopic (exact) mass is 328 g/mol. The maximum atomic E-state index is 13.3. The van der Waals surface area contributed by atoms with Crippen LogP contribution in [0.3, 0.4) is 0 Å². The van der Waals surface area contributed by atoms with Crippen LogP contribution in [0.25, 0.3) is 0 Å². The lowest BCUT2D eigenvalue weighted by Crippen LogP contribution is -2.30. The summed E-state index contributed by atoms with van der Waals surface area (Å²) in [6.45, 7) is 2.51. The van der Waals surface area contributed by atoms with Gasteiger partial charge in [-0.2, -0.15) is 0 Å². The lowest BCUT2D eigenvalue weighted by Gasteiger charge is -2.23. The van der Waals surface area contributed by atoms with Gasteiger partial charge < -0.3 is 10.6 Å². The molecular weight excluding hydrogens is 308 g/mol. The molecule has 4 rings (SSSR count). The Kier molecular flexibility index (Phi) is 3.77. The van der Waals surface area contributed by atoms with Gasteiger partial charge in [-0.15, -0.1) is 0 Å². The number of anilines is 2. The number of nitrogen functional groups attached to an aromatic ring is 1. The number of aryl methyl sites for hydroxylation is 1. The lowest BCUT2D eigenvalue weighted by atomic mass is 10.0. The van der Waals surface area contributed by atoms with Gasteiger partial charge >= 0.3 is 0 Å². The number of carbonyl (C=O) groups is 1. The Morgan fingerprint density at radius 2 is 1.60 bits per heavy atom. The van der Waals surface area contributed by atoms with Crippen LogP contribution in [-0.4, -0.2) is 5.91 Å². The summed E-state index contributed by atoms with van der Waals surface area (Å²) in [6, 6.07) is 22.0. The molecule has 0 bridgehead atoms. The molecule has 0 unspecified atom stereocenters. The van der Waals surface area contributed by atoms with Crippen LogP contribution in [0.15, 0.2) is 66.7 Å². The van der Waals surface area contributed by atoms with Gasteiger partial charge in [-0.05, 0) is 59.9 Å². The summed E-state index contributed by atoms with van der Waals surface area (Å²) < 4.78 is 0. The van der Waals surface area contributed by atoms with Gasteiger partial charge in [-0.25, -0.2) is 0 Å². The zero-order valence-corrected chi connectivity index (χ0v) is 14.2. The Hall–Kier alpha value is -3.07. The number of nitrogens with two attached hydrogens (primary N) is 1. The molecule has 0 aromatic heterocycles. The fraction of sp³-hybridized carbons (Fsp3) is 0.136. The minimum Gasteiger partial charge on any atom is -0.399 e. The van der Waals surface area contributed by atoms with E-state index in [0.717, 1.165) is 17.7 Å². The van der Waals surface area contributed by atoms with E-state index >= 15 is 0 Å². The van der Waals surface area contributed by atoms with Gasteiger partial charge in [0.1, 0.15) is 0 Å². The smallest absolute Gasteiger partial charge is 0.258 e. The molecule has 0 atom stereocenters. The molecule has 0 radical (unpaired) electrons. The molecular formula is C22H20N2O. The van der Waals surface area contributed by atoms with Crippen LogP contribution in [0.1, 0.15) is 32.6 Å². The quantitative estimate of drug-likeness (QED) is 0.676. The molecule has 0 fully saturated rings. The fourth-order valence-electron chi connectivity index (χ4n) is 3.41. The molecule has 25 heavy (non-hydrogen) atoms. The Bertz CT molecular complexity index is 962. The molecule has 124 valence electrons. The molecule has 3 heteroatoms. The van der Waals surface area contributed by atoms with Crippen LogP contribution < -0.4 is 10.6 Å². The van der Waals surface area contributed by atoms with Crippen molar-refractivity contribution in [2.75, 3.05) is 10.6 Å².